The molecule has 32 heavy (non-hydrogen) atoms. The minimum Gasteiger partial charge on any atom is -0.328 e. The molecule has 0 aromatic heterocycles. The Labute approximate surface area is 192 Å². The number of fused-ring (bicyclic) bond motifs is 2. The lowest BCUT2D eigenvalue weighted by Crippen LogP contribution is -3.12. The number of benzene rings is 2. The van der Waals surface area contributed by atoms with Gasteiger partial charge in [-0.25, -0.2) is 0 Å². The van der Waals surface area contributed by atoms with Crippen molar-refractivity contribution in [1.82, 2.24) is 0 Å². The molecule has 1 aliphatic heterocycles. The van der Waals surface area contributed by atoms with Crippen LogP contribution in [0.5, 0.6) is 0 Å². The van der Waals surface area contributed by atoms with Gasteiger partial charge < -0.3 is 15.1 Å². The summed E-state index contributed by atoms with van der Waals surface area (Å²) in [5.41, 5.74) is 4.91. The summed E-state index contributed by atoms with van der Waals surface area (Å²) in [7, 11) is 0. The van der Waals surface area contributed by atoms with Gasteiger partial charge in [-0.15, -0.1) is 0 Å². The van der Waals surface area contributed by atoms with Crippen molar-refractivity contribution in [3.63, 3.8) is 0 Å². The topological polar surface area (TPSA) is 58.3 Å². The molecule has 0 saturated heterocycles. The first-order valence-electron chi connectivity index (χ1n) is 12.0. The molecule has 0 fully saturated rings. The Morgan fingerprint density at radius 2 is 1.41 bits per heavy atom. The van der Waals surface area contributed by atoms with Crippen molar-refractivity contribution in [3.8, 4) is 0 Å². The van der Waals surface area contributed by atoms with E-state index in [0.717, 1.165) is 61.6 Å². The number of carbonyl (C=O) groups is 2. The van der Waals surface area contributed by atoms with Crippen LogP contribution in [0, 0.1) is 0 Å². The van der Waals surface area contributed by atoms with Gasteiger partial charge in [0.2, 0.25) is 0 Å². The molecule has 0 radical (unpaired) electrons. The third kappa shape index (κ3) is 5.56. The van der Waals surface area contributed by atoms with Crippen molar-refractivity contribution in [3.05, 3.63) is 53.6 Å². The minimum absolute atomic E-state index is 0.00290. The van der Waals surface area contributed by atoms with Gasteiger partial charge in [-0.05, 0) is 69.9 Å². The quantitative estimate of drug-likeness (QED) is 0.552. The van der Waals surface area contributed by atoms with E-state index >= 15 is 0 Å². The normalized spacial score (nSPS) is 13.0. The van der Waals surface area contributed by atoms with Gasteiger partial charge in [0.15, 0.2) is 13.1 Å². The van der Waals surface area contributed by atoms with Gasteiger partial charge >= 0.3 is 0 Å². The Morgan fingerprint density at radius 1 is 0.812 bits per heavy atom. The van der Waals surface area contributed by atoms with Crippen molar-refractivity contribution in [2.75, 3.05) is 49.5 Å². The Morgan fingerprint density at radius 3 is 2.06 bits per heavy atom. The number of hydrogen-bond acceptors (Lipinski definition) is 2. The van der Waals surface area contributed by atoms with Crippen LogP contribution < -0.4 is 20.0 Å². The van der Waals surface area contributed by atoms with Crippen molar-refractivity contribution >= 4 is 28.9 Å². The Hall–Kier alpha value is -2.70. The first kappa shape index (κ1) is 24.0. The molecule has 3 N–H and O–H groups in total. The summed E-state index contributed by atoms with van der Waals surface area (Å²) in [6.07, 6.45) is 1.76. The average Bonchev–Trinajstić information content (AvgIpc) is 2.97. The van der Waals surface area contributed by atoms with Crippen molar-refractivity contribution in [2.45, 2.75) is 40.5 Å². The molecule has 0 saturated carbocycles. The summed E-state index contributed by atoms with van der Waals surface area (Å²) in [6.45, 7) is 13.0. The van der Waals surface area contributed by atoms with Crippen LogP contribution in [0.15, 0.2) is 42.5 Å². The first-order chi connectivity index (χ1) is 15.5. The fourth-order valence-electron chi connectivity index (χ4n) is 4.39. The monoisotopic (exact) mass is 438 g/mol. The van der Waals surface area contributed by atoms with E-state index in [9.17, 15) is 9.59 Å². The SMILES string of the molecule is CC[NH+](CC)CC(=O)Nc1ccc2c(c1)N(C(=O)C[NH+](CC)CC)c1ccccc1CC2. The second-order valence-corrected chi connectivity index (χ2v) is 8.52. The van der Waals surface area contributed by atoms with Crippen LogP contribution in [-0.2, 0) is 22.4 Å². The van der Waals surface area contributed by atoms with Crippen LogP contribution in [0.2, 0.25) is 0 Å². The lowest BCUT2D eigenvalue weighted by molar-refractivity contribution is -0.888. The summed E-state index contributed by atoms with van der Waals surface area (Å²) in [4.78, 5) is 30.6. The lowest BCUT2D eigenvalue weighted by atomic mass is 10.0. The molecule has 0 aliphatic carbocycles. The van der Waals surface area contributed by atoms with Gasteiger partial charge in [-0.1, -0.05) is 24.3 Å². The maximum Gasteiger partial charge on any atom is 0.286 e. The van der Waals surface area contributed by atoms with E-state index in [-0.39, 0.29) is 11.8 Å². The highest BCUT2D eigenvalue weighted by Crippen LogP contribution is 2.37. The van der Waals surface area contributed by atoms with E-state index in [1.165, 1.54) is 15.4 Å². The molecule has 2 aromatic carbocycles. The van der Waals surface area contributed by atoms with Gasteiger partial charge in [0.05, 0.1) is 37.6 Å². The zero-order valence-electron chi connectivity index (χ0n) is 20.0. The zero-order chi connectivity index (χ0) is 23.1. The number of amides is 2. The van der Waals surface area contributed by atoms with Crippen LogP contribution in [0.25, 0.3) is 0 Å². The predicted octanol–water partition coefficient (Wildman–Crippen LogP) is 1.24. The Kier molecular flexibility index (Phi) is 8.42. The number of para-hydroxylation sites is 1. The molecule has 1 aliphatic rings. The maximum absolute atomic E-state index is 13.6. The largest absolute Gasteiger partial charge is 0.328 e. The van der Waals surface area contributed by atoms with E-state index in [4.69, 9.17) is 0 Å². The van der Waals surface area contributed by atoms with Gasteiger partial charge in [0, 0.05) is 5.69 Å². The number of aryl methyl sites for hydroxylation is 2. The van der Waals surface area contributed by atoms with Crippen LogP contribution in [0.1, 0.15) is 38.8 Å². The first-order valence-corrected chi connectivity index (χ1v) is 12.0. The summed E-state index contributed by atoms with van der Waals surface area (Å²) in [5, 5.41) is 3.06. The molecule has 172 valence electrons. The summed E-state index contributed by atoms with van der Waals surface area (Å²) in [6, 6.07) is 14.2. The fourth-order valence-corrected chi connectivity index (χ4v) is 4.39. The van der Waals surface area contributed by atoms with E-state index in [2.05, 4.69) is 45.1 Å². The number of hydrogen-bond donors (Lipinski definition) is 3. The van der Waals surface area contributed by atoms with E-state index < -0.39 is 0 Å². The van der Waals surface area contributed by atoms with E-state index in [0.29, 0.717) is 13.1 Å². The van der Waals surface area contributed by atoms with E-state index in [1.807, 2.05) is 35.2 Å². The standard InChI is InChI=1S/C26H36N4O2/c1-5-28(6-2)18-25(31)27-22-16-15-21-14-13-20-11-9-10-12-23(20)30(24(21)17-22)26(32)19-29(7-3)8-4/h9-12,15-17H,5-8,13-14,18-19H2,1-4H3,(H,27,31)/p+2. The smallest absolute Gasteiger partial charge is 0.286 e. The number of anilines is 3. The third-order valence-corrected chi connectivity index (χ3v) is 6.57. The number of rotatable bonds is 9. The van der Waals surface area contributed by atoms with Crippen LogP contribution in [0.4, 0.5) is 17.1 Å². The lowest BCUT2D eigenvalue weighted by Gasteiger charge is -2.27. The van der Waals surface area contributed by atoms with Crippen molar-refractivity contribution in [1.29, 1.82) is 0 Å². The van der Waals surface area contributed by atoms with Gasteiger partial charge in [0.25, 0.3) is 11.8 Å². The molecule has 0 atom stereocenters. The minimum atomic E-state index is 0.00290. The highest BCUT2D eigenvalue weighted by molar-refractivity contribution is 6.03. The highest BCUT2D eigenvalue weighted by Gasteiger charge is 2.28. The number of carbonyl (C=O) groups excluding carboxylic acids is 2. The summed E-state index contributed by atoms with van der Waals surface area (Å²) < 4.78 is 0. The summed E-state index contributed by atoms with van der Waals surface area (Å²) in [5.74, 6) is 0.0958. The average molecular weight is 439 g/mol. The van der Waals surface area contributed by atoms with Crippen LogP contribution in [0.3, 0.4) is 0 Å². The molecule has 6 nitrogen and oxygen atoms in total. The van der Waals surface area contributed by atoms with Crippen LogP contribution >= 0.6 is 0 Å². The van der Waals surface area contributed by atoms with Gasteiger partial charge in [0.1, 0.15) is 0 Å². The van der Waals surface area contributed by atoms with Crippen molar-refractivity contribution < 1.29 is 19.4 Å². The number of quaternary nitrogens is 2. The second-order valence-electron chi connectivity index (χ2n) is 8.52. The molecule has 2 aromatic rings. The molecule has 1 heterocycles. The molecule has 2 amide bonds. The molecule has 0 unspecified atom stereocenters. The Bertz CT molecular complexity index is 935. The zero-order valence-corrected chi connectivity index (χ0v) is 20.0. The number of likely N-dealkylation sites (N-methyl/N-ethyl adjacent to an activating group) is 2. The van der Waals surface area contributed by atoms with Crippen LogP contribution in [-0.4, -0.2) is 51.1 Å². The second kappa shape index (κ2) is 11.2. The molecule has 0 bridgehead atoms. The molecular weight excluding hydrogens is 400 g/mol. The molecule has 0 spiro atoms. The Balaban J connectivity index is 1.95. The number of nitrogens with one attached hydrogen (secondary N) is 3. The molecule has 3 rings (SSSR count). The number of nitrogens with zero attached hydrogens (tertiary/aromatic N) is 1. The van der Waals surface area contributed by atoms with Crippen molar-refractivity contribution in [2.24, 2.45) is 0 Å². The molecule has 6 heteroatoms. The third-order valence-electron chi connectivity index (χ3n) is 6.57. The predicted molar refractivity (Wildman–Crippen MR) is 130 cm³/mol. The fraction of sp³-hybridized carbons (Fsp3) is 0.462. The summed E-state index contributed by atoms with van der Waals surface area (Å²) >= 11 is 0. The molecular formula is C26H38N4O2+2. The maximum atomic E-state index is 13.6. The van der Waals surface area contributed by atoms with Gasteiger partial charge in [-0.3, -0.25) is 14.5 Å². The van der Waals surface area contributed by atoms with Gasteiger partial charge in [-0.2, -0.15) is 0 Å². The highest BCUT2D eigenvalue weighted by atomic mass is 16.2. The van der Waals surface area contributed by atoms with E-state index in [1.54, 1.807) is 0 Å².